The van der Waals surface area contributed by atoms with Crippen LogP contribution in [0.1, 0.15) is 39.9 Å². The van der Waals surface area contributed by atoms with Gasteiger partial charge in [0.2, 0.25) is 10.0 Å². The van der Waals surface area contributed by atoms with E-state index in [1.165, 1.54) is 6.07 Å². The van der Waals surface area contributed by atoms with Crippen LogP contribution in [0.25, 0.3) is 0 Å². The maximum absolute atomic E-state index is 13.3. The minimum absolute atomic E-state index is 0.204. The summed E-state index contributed by atoms with van der Waals surface area (Å²) in [5.74, 6) is 0.307. The Morgan fingerprint density at radius 3 is 2.50 bits per heavy atom. The molecule has 2 heterocycles. The molecule has 0 aromatic heterocycles. The van der Waals surface area contributed by atoms with Gasteiger partial charge in [-0.2, -0.15) is 5.26 Å². The fraction of sp³-hybridized carbons (Fsp3) is 0.333. The molecule has 2 aromatic carbocycles. The van der Waals surface area contributed by atoms with Crippen LogP contribution in [-0.4, -0.2) is 39.1 Å². The third-order valence-corrected chi connectivity index (χ3v) is 6.62. The van der Waals surface area contributed by atoms with Crippen LogP contribution in [-0.2, 0) is 22.9 Å². The summed E-state index contributed by atoms with van der Waals surface area (Å²) in [6.45, 7) is 5.51. The molecule has 1 saturated heterocycles. The number of nitrogens with zero attached hydrogens (tertiary/aromatic N) is 1. The van der Waals surface area contributed by atoms with E-state index < -0.39 is 15.6 Å². The third-order valence-electron chi connectivity index (χ3n) is 6.01. The lowest BCUT2D eigenvalue weighted by atomic mass is 9.78. The first-order valence-corrected chi connectivity index (χ1v) is 12.4. The number of carbonyl (C=O) groups excluding carboxylic acids is 1. The van der Waals surface area contributed by atoms with Crippen molar-refractivity contribution in [1.82, 2.24) is 5.32 Å². The Kier molecular flexibility index (Phi) is 5.80. The van der Waals surface area contributed by atoms with Crippen molar-refractivity contribution in [2.45, 2.75) is 31.3 Å². The Morgan fingerprint density at radius 2 is 1.88 bits per heavy atom. The molecule has 4 rings (SSSR count). The molecule has 166 valence electrons. The van der Waals surface area contributed by atoms with Crippen molar-refractivity contribution in [3.63, 3.8) is 0 Å². The smallest absolute Gasteiger partial charge is 0.229 e. The van der Waals surface area contributed by atoms with Gasteiger partial charge in [0.25, 0.3) is 0 Å². The van der Waals surface area contributed by atoms with Gasteiger partial charge in [-0.25, -0.2) is 8.42 Å². The molecule has 2 aliphatic rings. The number of hydrogen-bond donors (Lipinski definition) is 2. The number of fused-ring (bicyclic) bond motifs is 1. The van der Waals surface area contributed by atoms with Crippen LogP contribution in [0.5, 0.6) is 5.75 Å². The van der Waals surface area contributed by atoms with E-state index in [1.807, 2.05) is 12.1 Å². The van der Waals surface area contributed by atoms with Gasteiger partial charge in [0.1, 0.15) is 11.4 Å². The van der Waals surface area contributed by atoms with E-state index >= 15 is 0 Å². The highest BCUT2D eigenvalue weighted by Crippen LogP contribution is 2.44. The van der Waals surface area contributed by atoms with Gasteiger partial charge in [-0.15, -0.1) is 0 Å². The van der Waals surface area contributed by atoms with E-state index in [4.69, 9.17) is 10.00 Å². The molecule has 0 aliphatic carbocycles. The number of ketones is 1. The number of sulfonamides is 1. The molecule has 0 bridgehead atoms. The molecule has 2 N–H and O–H groups in total. The second-order valence-electron chi connectivity index (χ2n) is 8.35. The standard InChI is InChI=1S/C24H25N3O4S/c1-16-22(28)21-14-20(27-32(2,29)30)13-19(8-7-17-3-5-18(15-25)6-4-17)23(21)31-24(16)9-11-26-12-10-24/h3-6,13-14,26-27H,1,7-12H2,2H3. The van der Waals surface area contributed by atoms with E-state index in [0.29, 0.717) is 53.8 Å². The van der Waals surface area contributed by atoms with E-state index in [2.05, 4.69) is 22.7 Å². The van der Waals surface area contributed by atoms with E-state index in [1.54, 1.807) is 18.2 Å². The van der Waals surface area contributed by atoms with Crippen LogP contribution in [0, 0.1) is 11.3 Å². The van der Waals surface area contributed by atoms with Crippen molar-refractivity contribution in [2.24, 2.45) is 0 Å². The van der Waals surface area contributed by atoms with Crippen molar-refractivity contribution >= 4 is 21.5 Å². The molecule has 32 heavy (non-hydrogen) atoms. The van der Waals surface area contributed by atoms with Crippen LogP contribution in [0.3, 0.4) is 0 Å². The molecule has 0 amide bonds. The Morgan fingerprint density at radius 1 is 1.19 bits per heavy atom. The Labute approximate surface area is 188 Å². The number of rotatable bonds is 5. The molecule has 7 nitrogen and oxygen atoms in total. The summed E-state index contributed by atoms with van der Waals surface area (Å²) in [7, 11) is -3.52. The van der Waals surface area contributed by atoms with Gasteiger partial charge in [-0.05, 0) is 61.3 Å². The Bertz CT molecular complexity index is 1220. The molecule has 0 unspecified atom stereocenters. The van der Waals surface area contributed by atoms with E-state index in [9.17, 15) is 13.2 Å². The van der Waals surface area contributed by atoms with Crippen molar-refractivity contribution in [1.29, 1.82) is 5.26 Å². The van der Waals surface area contributed by atoms with Crippen molar-refractivity contribution < 1.29 is 17.9 Å². The summed E-state index contributed by atoms with van der Waals surface area (Å²) in [5.41, 5.74) is 2.73. The summed E-state index contributed by atoms with van der Waals surface area (Å²) >= 11 is 0. The number of anilines is 1. The normalized spacial score (nSPS) is 17.4. The first-order chi connectivity index (χ1) is 15.2. The van der Waals surface area contributed by atoms with Crippen molar-refractivity contribution in [2.75, 3.05) is 24.1 Å². The third kappa shape index (κ3) is 4.40. The zero-order valence-electron chi connectivity index (χ0n) is 17.9. The number of piperidine rings is 1. The molecule has 1 fully saturated rings. The van der Waals surface area contributed by atoms with Crippen LogP contribution in [0.2, 0.25) is 0 Å². The molecule has 1 spiro atoms. The van der Waals surface area contributed by atoms with Crippen LogP contribution in [0.4, 0.5) is 5.69 Å². The van der Waals surface area contributed by atoms with Crippen molar-refractivity contribution in [3.8, 4) is 11.8 Å². The van der Waals surface area contributed by atoms with Gasteiger partial charge in [-0.3, -0.25) is 9.52 Å². The topological polar surface area (TPSA) is 108 Å². The van der Waals surface area contributed by atoms with Crippen molar-refractivity contribution in [3.05, 3.63) is 70.8 Å². The minimum atomic E-state index is -3.52. The fourth-order valence-corrected chi connectivity index (χ4v) is 4.87. The lowest BCUT2D eigenvalue weighted by Gasteiger charge is -2.43. The first kappa shape index (κ1) is 22.1. The minimum Gasteiger partial charge on any atom is -0.481 e. The Hall–Kier alpha value is -3.15. The average Bonchev–Trinajstić information content (AvgIpc) is 2.77. The number of nitrogens with one attached hydrogen (secondary N) is 2. The molecule has 0 radical (unpaired) electrons. The summed E-state index contributed by atoms with van der Waals surface area (Å²) in [6, 6.07) is 12.7. The van der Waals surface area contributed by atoms with Gasteiger partial charge in [0.05, 0.1) is 23.5 Å². The molecule has 8 heteroatoms. The van der Waals surface area contributed by atoms with Gasteiger partial charge in [0, 0.05) is 24.1 Å². The average molecular weight is 452 g/mol. The lowest BCUT2D eigenvalue weighted by Crippen LogP contribution is -2.51. The second-order valence-corrected chi connectivity index (χ2v) is 10.1. The van der Waals surface area contributed by atoms with E-state index in [0.717, 1.165) is 30.5 Å². The summed E-state index contributed by atoms with van der Waals surface area (Å²) in [4.78, 5) is 13.3. The van der Waals surface area contributed by atoms with Gasteiger partial charge >= 0.3 is 0 Å². The summed E-state index contributed by atoms with van der Waals surface area (Å²) < 4.78 is 32.6. The highest BCUT2D eigenvalue weighted by Gasteiger charge is 2.45. The molecule has 0 saturated carbocycles. The maximum Gasteiger partial charge on any atom is 0.229 e. The number of nitriles is 1. The zero-order valence-corrected chi connectivity index (χ0v) is 18.7. The van der Waals surface area contributed by atoms with Gasteiger partial charge in [0.15, 0.2) is 5.78 Å². The lowest BCUT2D eigenvalue weighted by molar-refractivity contribution is 0.0534. The highest BCUT2D eigenvalue weighted by atomic mass is 32.2. The van der Waals surface area contributed by atoms with Crippen LogP contribution in [0.15, 0.2) is 48.6 Å². The number of benzene rings is 2. The number of hydrogen-bond acceptors (Lipinski definition) is 6. The number of ether oxygens (including phenoxy) is 1. The molecular formula is C24H25N3O4S. The van der Waals surface area contributed by atoms with Gasteiger partial charge in [-0.1, -0.05) is 18.7 Å². The summed E-state index contributed by atoms with van der Waals surface area (Å²) in [5, 5.41) is 12.3. The predicted molar refractivity (Wildman–Crippen MR) is 122 cm³/mol. The molecular weight excluding hydrogens is 426 g/mol. The SMILES string of the molecule is C=C1C(=O)c2cc(NS(C)(=O)=O)cc(CCc3ccc(C#N)cc3)c2OC12CCNCC2. The molecule has 2 aliphatic heterocycles. The van der Waals surface area contributed by atoms with Gasteiger partial charge < -0.3 is 10.1 Å². The monoisotopic (exact) mass is 451 g/mol. The van der Waals surface area contributed by atoms with Crippen LogP contribution < -0.4 is 14.8 Å². The first-order valence-electron chi connectivity index (χ1n) is 10.5. The largest absolute Gasteiger partial charge is 0.481 e. The highest BCUT2D eigenvalue weighted by molar-refractivity contribution is 7.92. The number of Topliss-reactive ketones (excluding diaryl/α,β-unsaturated/α-hetero) is 1. The number of aryl methyl sites for hydroxylation is 2. The Balaban J connectivity index is 1.73. The number of carbonyl (C=O) groups is 1. The fourth-order valence-electron chi connectivity index (χ4n) is 4.32. The second kappa shape index (κ2) is 8.41. The zero-order chi connectivity index (χ0) is 22.9. The predicted octanol–water partition coefficient (Wildman–Crippen LogP) is 2.97. The van der Waals surface area contributed by atoms with Crippen LogP contribution >= 0.6 is 0 Å². The maximum atomic E-state index is 13.3. The molecule has 0 atom stereocenters. The molecule has 2 aromatic rings. The summed E-state index contributed by atoms with van der Waals surface area (Å²) in [6.07, 6.45) is 3.56. The van der Waals surface area contributed by atoms with E-state index in [-0.39, 0.29) is 5.78 Å². The quantitative estimate of drug-likeness (QED) is 0.677.